The molecule has 1 aliphatic rings. The number of nitrogens with zero attached hydrogens (tertiary/aromatic N) is 1. The summed E-state index contributed by atoms with van der Waals surface area (Å²) >= 11 is 0. The summed E-state index contributed by atoms with van der Waals surface area (Å²) < 4.78 is 5.79. The highest BCUT2D eigenvalue weighted by molar-refractivity contribution is 5.81. The van der Waals surface area contributed by atoms with Gasteiger partial charge in [0.15, 0.2) is 6.10 Å². The minimum Gasteiger partial charge on any atom is -0.481 e. The number of aliphatic hydroxyl groups excluding tert-OH is 1. The Kier molecular flexibility index (Phi) is 5.41. The Morgan fingerprint density at radius 2 is 2.20 bits per heavy atom. The number of ether oxygens (including phenoxy) is 1. The fourth-order valence-corrected chi connectivity index (χ4v) is 2.59. The second kappa shape index (κ2) is 7.29. The van der Waals surface area contributed by atoms with Gasteiger partial charge in [0.05, 0.1) is 0 Å². The van der Waals surface area contributed by atoms with Crippen LogP contribution in [0.15, 0.2) is 30.3 Å². The summed E-state index contributed by atoms with van der Waals surface area (Å²) in [6.45, 7) is 3.52. The van der Waals surface area contributed by atoms with Crippen molar-refractivity contribution < 1.29 is 14.6 Å². The number of hydrogen-bond donors (Lipinski definition) is 1. The van der Waals surface area contributed by atoms with E-state index >= 15 is 0 Å². The standard InChI is InChI=1S/C16H23NO3/c1-2-15(20-14-8-4-3-5-9-14)16(19)17-10-6-7-13(11-17)12-18/h3-5,8-9,13,15,18H,2,6-7,10-12H2,1H3. The zero-order valence-corrected chi connectivity index (χ0v) is 12.0. The van der Waals surface area contributed by atoms with Crippen molar-refractivity contribution in [2.75, 3.05) is 19.7 Å². The van der Waals surface area contributed by atoms with Crippen LogP contribution in [0.3, 0.4) is 0 Å². The van der Waals surface area contributed by atoms with Gasteiger partial charge in [-0.2, -0.15) is 0 Å². The number of carbonyl (C=O) groups is 1. The topological polar surface area (TPSA) is 49.8 Å². The van der Waals surface area contributed by atoms with E-state index in [0.29, 0.717) is 13.0 Å². The summed E-state index contributed by atoms with van der Waals surface area (Å²) in [6, 6.07) is 9.45. The molecule has 0 aliphatic carbocycles. The molecule has 0 spiro atoms. The van der Waals surface area contributed by atoms with Crippen LogP contribution in [0.4, 0.5) is 0 Å². The number of amides is 1. The fourth-order valence-electron chi connectivity index (χ4n) is 2.59. The lowest BCUT2D eigenvalue weighted by Gasteiger charge is -2.34. The molecule has 1 saturated heterocycles. The Labute approximate surface area is 120 Å². The maximum atomic E-state index is 12.5. The predicted molar refractivity (Wildman–Crippen MR) is 77.5 cm³/mol. The number of likely N-dealkylation sites (tertiary alicyclic amines) is 1. The van der Waals surface area contributed by atoms with Gasteiger partial charge in [-0.3, -0.25) is 4.79 Å². The Morgan fingerprint density at radius 1 is 1.45 bits per heavy atom. The smallest absolute Gasteiger partial charge is 0.263 e. The first-order valence-corrected chi connectivity index (χ1v) is 7.36. The first-order valence-electron chi connectivity index (χ1n) is 7.36. The van der Waals surface area contributed by atoms with Crippen LogP contribution < -0.4 is 4.74 Å². The van der Waals surface area contributed by atoms with Crippen molar-refractivity contribution in [1.82, 2.24) is 4.90 Å². The largest absolute Gasteiger partial charge is 0.481 e. The highest BCUT2D eigenvalue weighted by atomic mass is 16.5. The van der Waals surface area contributed by atoms with Crippen LogP contribution in [0.5, 0.6) is 5.75 Å². The van der Waals surface area contributed by atoms with Gasteiger partial charge < -0.3 is 14.7 Å². The molecule has 1 amide bonds. The van der Waals surface area contributed by atoms with E-state index in [0.717, 1.165) is 25.1 Å². The molecule has 2 unspecified atom stereocenters. The second-order valence-electron chi connectivity index (χ2n) is 5.30. The van der Waals surface area contributed by atoms with Crippen molar-refractivity contribution in [2.24, 2.45) is 5.92 Å². The molecule has 110 valence electrons. The fraction of sp³-hybridized carbons (Fsp3) is 0.562. The maximum absolute atomic E-state index is 12.5. The van der Waals surface area contributed by atoms with Crippen molar-refractivity contribution in [1.29, 1.82) is 0 Å². The SMILES string of the molecule is CCC(Oc1ccccc1)C(=O)N1CCCC(CO)C1. The molecule has 4 heteroatoms. The van der Waals surface area contributed by atoms with Crippen LogP contribution in [0.1, 0.15) is 26.2 Å². The molecule has 0 aromatic heterocycles. The van der Waals surface area contributed by atoms with Crippen LogP contribution in [-0.2, 0) is 4.79 Å². The van der Waals surface area contributed by atoms with E-state index in [4.69, 9.17) is 4.74 Å². The third-order valence-electron chi connectivity index (χ3n) is 3.76. The minimum atomic E-state index is -0.435. The number of hydrogen-bond acceptors (Lipinski definition) is 3. The highest BCUT2D eigenvalue weighted by Crippen LogP contribution is 2.19. The number of rotatable bonds is 5. The summed E-state index contributed by atoms with van der Waals surface area (Å²) in [7, 11) is 0. The summed E-state index contributed by atoms with van der Waals surface area (Å²) in [6.07, 6.45) is 2.17. The van der Waals surface area contributed by atoms with Crippen LogP contribution in [-0.4, -0.2) is 41.7 Å². The molecule has 4 nitrogen and oxygen atoms in total. The van der Waals surface area contributed by atoms with Gasteiger partial charge in [0, 0.05) is 19.7 Å². The molecular weight excluding hydrogens is 254 g/mol. The molecule has 0 bridgehead atoms. The number of aliphatic hydroxyl groups is 1. The third kappa shape index (κ3) is 3.73. The number of piperidine rings is 1. The lowest BCUT2D eigenvalue weighted by molar-refractivity contribution is -0.141. The van der Waals surface area contributed by atoms with Gasteiger partial charge in [0.25, 0.3) is 5.91 Å². The van der Waals surface area contributed by atoms with Crippen molar-refractivity contribution in [2.45, 2.75) is 32.3 Å². The van der Waals surface area contributed by atoms with E-state index in [2.05, 4.69) is 0 Å². The summed E-state index contributed by atoms with van der Waals surface area (Å²) in [5.74, 6) is 0.972. The highest BCUT2D eigenvalue weighted by Gasteiger charge is 2.28. The Hall–Kier alpha value is -1.55. The number of carbonyl (C=O) groups excluding carboxylic acids is 1. The van der Waals surface area contributed by atoms with Crippen LogP contribution in [0, 0.1) is 5.92 Å². The van der Waals surface area contributed by atoms with Gasteiger partial charge in [-0.15, -0.1) is 0 Å². The zero-order chi connectivity index (χ0) is 14.4. The quantitative estimate of drug-likeness (QED) is 0.896. The number of benzene rings is 1. The van der Waals surface area contributed by atoms with E-state index in [1.165, 1.54) is 0 Å². The molecule has 0 saturated carbocycles. The average Bonchev–Trinajstić information content (AvgIpc) is 2.53. The second-order valence-corrected chi connectivity index (χ2v) is 5.30. The van der Waals surface area contributed by atoms with Gasteiger partial charge in [0.2, 0.25) is 0 Å². The Morgan fingerprint density at radius 3 is 2.85 bits per heavy atom. The molecule has 20 heavy (non-hydrogen) atoms. The van der Waals surface area contributed by atoms with E-state index < -0.39 is 6.10 Å². The van der Waals surface area contributed by atoms with Crippen LogP contribution in [0.2, 0.25) is 0 Å². The molecule has 1 heterocycles. The van der Waals surface area contributed by atoms with Crippen LogP contribution in [0.25, 0.3) is 0 Å². The van der Waals surface area contributed by atoms with Gasteiger partial charge in [0.1, 0.15) is 5.75 Å². The number of para-hydroxylation sites is 1. The van der Waals surface area contributed by atoms with E-state index in [1.54, 1.807) is 0 Å². The molecule has 2 rings (SSSR count). The van der Waals surface area contributed by atoms with Crippen LogP contribution >= 0.6 is 0 Å². The molecule has 1 fully saturated rings. The maximum Gasteiger partial charge on any atom is 0.263 e. The van der Waals surface area contributed by atoms with Crippen molar-refractivity contribution in [3.63, 3.8) is 0 Å². The van der Waals surface area contributed by atoms with E-state index in [-0.39, 0.29) is 18.4 Å². The lowest BCUT2D eigenvalue weighted by Crippen LogP contribution is -2.47. The molecular formula is C16H23NO3. The normalized spacial score (nSPS) is 20.5. The molecule has 1 aromatic rings. The van der Waals surface area contributed by atoms with Crippen molar-refractivity contribution >= 4 is 5.91 Å². The zero-order valence-electron chi connectivity index (χ0n) is 12.0. The average molecular weight is 277 g/mol. The summed E-state index contributed by atoms with van der Waals surface area (Å²) in [4.78, 5) is 14.3. The van der Waals surface area contributed by atoms with Crippen molar-refractivity contribution in [3.05, 3.63) is 30.3 Å². The third-order valence-corrected chi connectivity index (χ3v) is 3.76. The lowest BCUT2D eigenvalue weighted by atomic mass is 9.98. The van der Waals surface area contributed by atoms with Gasteiger partial charge >= 0.3 is 0 Å². The summed E-state index contributed by atoms with van der Waals surface area (Å²) in [5, 5.41) is 9.25. The van der Waals surface area contributed by atoms with E-state index in [9.17, 15) is 9.90 Å². The Balaban J connectivity index is 1.98. The molecule has 1 N–H and O–H groups in total. The van der Waals surface area contributed by atoms with Gasteiger partial charge in [-0.05, 0) is 37.3 Å². The first-order chi connectivity index (χ1) is 9.74. The molecule has 1 aromatic carbocycles. The van der Waals surface area contributed by atoms with E-state index in [1.807, 2.05) is 42.2 Å². The molecule has 0 radical (unpaired) electrons. The molecule has 2 atom stereocenters. The first kappa shape index (κ1) is 14.9. The summed E-state index contributed by atoms with van der Waals surface area (Å²) in [5.41, 5.74) is 0. The monoisotopic (exact) mass is 277 g/mol. The molecule has 1 aliphatic heterocycles. The van der Waals surface area contributed by atoms with Gasteiger partial charge in [-0.25, -0.2) is 0 Å². The Bertz CT molecular complexity index is 421. The minimum absolute atomic E-state index is 0.0366. The predicted octanol–water partition coefficient (Wildman–Crippen LogP) is 2.07. The van der Waals surface area contributed by atoms with Gasteiger partial charge in [-0.1, -0.05) is 25.1 Å². The van der Waals surface area contributed by atoms with Crippen molar-refractivity contribution in [3.8, 4) is 5.75 Å².